The van der Waals surface area contributed by atoms with Gasteiger partial charge in [-0.15, -0.1) is 0 Å². The Hall–Kier alpha value is -4.34. The van der Waals surface area contributed by atoms with E-state index in [0.29, 0.717) is 6.61 Å². The number of hydrogen-bond donors (Lipinski definition) is 0. The van der Waals surface area contributed by atoms with E-state index in [1.165, 1.54) is 27.5 Å². The van der Waals surface area contributed by atoms with Gasteiger partial charge in [-0.25, -0.2) is 0 Å². The third-order valence-corrected chi connectivity index (χ3v) is 7.16. The van der Waals surface area contributed by atoms with Crippen LogP contribution in [0.1, 0.15) is 5.56 Å². The van der Waals surface area contributed by atoms with E-state index in [0.717, 1.165) is 27.3 Å². The number of halogens is 1. The smallest absolute Gasteiger partial charge is 0.119 e. The molecule has 0 aliphatic rings. The second kappa shape index (κ2) is 11.0. The maximum atomic E-state index is 6.20. The largest absolute Gasteiger partial charge is 0.489 e. The van der Waals surface area contributed by atoms with Crippen molar-refractivity contribution in [1.82, 2.24) is 0 Å². The molecular formula is C35H26BrNO. The highest BCUT2D eigenvalue weighted by Gasteiger charge is 2.13. The van der Waals surface area contributed by atoms with Crippen molar-refractivity contribution in [3.05, 3.63) is 156 Å². The predicted octanol–water partition coefficient (Wildman–Crippen LogP) is 10.3. The van der Waals surface area contributed by atoms with Crippen molar-refractivity contribution in [3.63, 3.8) is 0 Å². The summed E-state index contributed by atoms with van der Waals surface area (Å²) in [5.41, 5.74) is 6.82. The molecule has 2 nitrogen and oxygen atoms in total. The Morgan fingerprint density at radius 1 is 0.526 bits per heavy atom. The molecule has 0 N–H and O–H groups in total. The van der Waals surface area contributed by atoms with Gasteiger partial charge >= 0.3 is 0 Å². The number of benzene rings is 6. The highest BCUT2D eigenvalue weighted by atomic mass is 79.9. The summed E-state index contributed by atoms with van der Waals surface area (Å²) in [7, 11) is 0. The first-order valence-electron chi connectivity index (χ1n) is 12.7. The number of fused-ring (bicyclic) bond motifs is 1. The molecule has 6 aromatic carbocycles. The number of anilines is 3. The summed E-state index contributed by atoms with van der Waals surface area (Å²) >= 11 is 3.58. The third-order valence-electron chi connectivity index (χ3n) is 6.67. The van der Waals surface area contributed by atoms with Crippen LogP contribution in [-0.4, -0.2) is 0 Å². The normalized spacial score (nSPS) is 10.9. The van der Waals surface area contributed by atoms with Crippen molar-refractivity contribution in [2.45, 2.75) is 6.61 Å². The summed E-state index contributed by atoms with van der Waals surface area (Å²) < 4.78 is 7.27. The van der Waals surface area contributed by atoms with Gasteiger partial charge in [0.1, 0.15) is 12.4 Å². The molecule has 0 atom stereocenters. The van der Waals surface area contributed by atoms with Crippen LogP contribution in [0.15, 0.2) is 150 Å². The summed E-state index contributed by atoms with van der Waals surface area (Å²) in [6.45, 7) is 0.528. The summed E-state index contributed by atoms with van der Waals surface area (Å²) in [4.78, 5) is 2.26. The lowest BCUT2D eigenvalue weighted by Crippen LogP contribution is -2.09. The molecule has 6 aromatic rings. The van der Waals surface area contributed by atoms with Crippen molar-refractivity contribution in [2.75, 3.05) is 4.90 Å². The van der Waals surface area contributed by atoms with Crippen LogP contribution >= 0.6 is 15.9 Å². The van der Waals surface area contributed by atoms with E-state index in [2.05, 4.69) is 142 Å². The molecule has 0 amide bonds. The minimum atomic E-state index is 0.528. The predicted molar refractivity (Wildman–Crippen MR) is 163 cm³/mol. The van der Waals surface area contributed by atoms with Crippen molar-refractivity contribution in [1.29, 1.82) is 0 Å². The maximum absolute atomic E-state index is 6.20. The zero-order chi connectivity index (χ0) is 25.7. The molecule has 0 aliphatic heterocycles. The zero-order valence-corrected chi connectivity index (χ0v) is 22.4. The number of nitrogens with zero attached hydrogens (tertiary/aromatic N) is 1. The van der Waals surface area contributed by atoms with Gasteiger partial charge < -0.3 is 9.64 Å². The Balaban J connectivity index is 1.26. The summed E-state index contributed by atoms with van der Waals surface area (Å²) in [5.74, 6) is 0.847. The molecule has 184 valence electrons. The first-order valence-corrected chi connectivity index (χ1v) is 13.4. The molecule has 6 rings (SSSR count). The van der Waals surface area contributed by atoms with E-state index in [-0.39, 0.29) is 0 Å². The van der Waals surface area contributed by atoms with Gasteiger partial charge in [-0.1, -0.05) is 101 Å². The Labute approximate surface area is 231 Å². The van der Waals surface area contributed by atoms with Gasteiger partial charge in [-0.2, -0.15) is 0 Å². The van der Waals surface area contributed by atoms with Crippen LogP contribution in [0.5, 0.6) is 5.75 Å². The second-order valence-corrected chi connectivity index (χ2v) is 10.1. The van der Waals surface area contributed by atoms with E-state index >= 15 is 0 Å². The standard InChI is InChI=1S/C35H26BrNO/c36-30-12-7-10-28(24-30)26-16-18-32(19-17-26)37(31-13-2-1-3-14-31)33-20-22-34(23-21-33)38-25-29-11-6-9-27-8-4-5-15-35(27)29/h1-24H,25H2. The Bertz CT molecular complexity index is 1660. The Kier molecular flexibility index (Phi) is 6.93. The summed E-state index contributed by atoms with van der Waals surface area (Å²) in [6.07, 6.45) is 0. The van der Waals surface area contributed by atoms with Crippen LogP contribution in [0.2, 0.25) is 0 Å². The first kappa shape index (κ1) is 24.0. The Morgan fingerprint density at radius 2 is 1.16 bits per heavy atom. The molecule has 0 unspecified atom stereocenters. The van der Waals surface area contributed by atoms with E-state index < -0.39 is 0 Å². The van der Waals surface area contributed by atoms with E-state index in [9.17, 15) is 0 Å². The van der Waals surface area contributed by atoms with Crippen molar-refractivity contribution >= 4 is 43.8 Å². The summed E-state index contributed by atoms with van der Waals surface area (Å²) in [5, 5.41) is 2.46. The molecule has 0 spiro atoms. The average Bonchev–Trinajstić information content (AvgIpc) is 2.98. The Morgan fingerprint density at radius 3 is 1.92 bits per heavy atom. The second-order valence-electron chi connectivity index (χ2n) is 9.15. The van der Waals surface area contributed by atoms with E-state index in [1.54, 1.807) is 0 Å². The fourth-order valence-corrected chi connectivity index (χ4v) is 5.17. The minimum Gasteiger partial charge on any atom is -0.489 e. The van der Waals surface area contributed by atoms with Crippen molar-refractivity contribution in [3.8, 4) is 16.9 Å². The maximum Gasteiger partial charge on any atom is 0.119 e. The van der Waals surface area contributed by atoms with Crippen molar-refractivity contribution < 1.29 is 4.74 Å². The molecular weight excluding hydrogens is 530 g/mol. The fraction of sp³-hybridized carbons (Fsp3) is 0.0286. The average molecular weight is 557 g/mol. The topological polar surface area (TPSA) is 12.5 Å². The van der Waals surface area contributed by atoms with Crippen LogP contribution in [0, 0.1) is 0 Å². The molecule has 3 heteroatoms. The van der Waals surface area contributed by atoms with Gasteiger partial charge in [0.2, 0.25) is 0 Å². The van der Waals surface area contributed by atoms with E-state index in [1.807, 2.05) is 24.3 Å². The van der Waals surface area contributed by atoms with Gasteiger partial charge in [0.15, 0.2) is 0 Å². The van der Waals surface area contributed by atoms with Crippen molar-refractivity contribution in [2.24, 2.45) is 0 Å². The molecule has 0 heterocycles. The molecule has 0 bridgehead atoms. The number of hydrogen-bond acceptors (Lipinski definition) is 2. The van der Waals surface area contributed by atoms with Crippen LogP contribution in [-0.2, 0) is 6.61 Å². The molecule has 0 radical (unpaired) electrons. The zero-order valence-electron chi connectivity index (χ0n) is 20.8. The molecule has 0 saturated carbocycles. The highest BCUT2D eigenvalue weighted by Crippen LogP contribution is 2.36. The molecule has 0 aliphatic carbocycles. The summed E-state index contributed by atoms with van der Waals surface area (Å²) in [6, 6.07) is 50.6. The minimum absolute atomic E-state index is 0.528. The lowest BCUT2D eigenvalue weighted by Gasteiger charge is -2.26. The lowest BCUT2D eigenvalue weighted by molar-refractivity contribution is 0.308. The molecule has 38 heavy (non-hydrogen) atoms. The van der Waals surface area contributed by atoms with Crippen LogP contribution < -0.4 is 9.64 Å². The number of para-hydroxylation sites is 1. The van der Waals surface area contributed by atoms with Crippen LogP contribution in [0.4, 0.5) is 17.1 Å². The van der Waals surface area contributed by atoms with Gasteiger partial charge in [0, 0.05) is 21.5 Å². The first-order chi connectivity index (χ1) is 18.7. The highest BCUT2D eigenvalue weighted by molar-refractivity contribution is 9.10. The van der Waals surface area contributed by atoms with Gasteiger partial charge in [-0.05, 0) is 88.1 Å². The van der Waals surface area contributed by atoms with Crippen LogP contribution in [0.3, 0.4) is 0 Å². The molecule has 0 aromatic heterocycles. The fourth-order valence-electron chi connectivity index (χ4n) is 4.77. The van der Waals surface area contributed by atoms with E-state index in [4.69, 9.17) is 4.74 Å². The molecule has 0 fully saturated rings. The lowest BCUT2D eigenvalue weighted by atomic mass is 10.0. The quantitative estimate of drug-likeness (QED) is 0.194. The monoisotopic (exact) mass is 555 g/mol. The third kappa shape index (κ3) is 5.20. The van der Waals surface area contributed by atoms with Gasteiger partial charge in [0.25, 0.3) is 0 Å². The van der Waals surface area contributed by atoms with Gasteiger partial charge in [-0.3, -0.25) is 0 Å². The van der Waals surface area contributed by atoms with Gasteiger partial charge in [0.05, 0.1) is 0 Å². The SMILES string of the molecule is Brc1cccc(-c2ccc(N(c3ccccc3)c3ccc(OCc4cccc5ccccc45)cc3)cc2)c1. The number of ether oxygens (including phenoxy) is 1. The number of rotatable bonds is 7. The molecule has 0 saturated heterocycles. The van der Waals surface area contributed by atoms with Crippen LogP contribution in [0.25, 0.3) is 21.9 Å².